The maximum Gasteiger partial charge on any atom is 0.303 e. The van der Waals surface area contributed by atoms with Crippen molar-refractivity contribution in [2.75, 3.05) is 0 Å². The van der Waals surface area contributed by atoms with Crippen molar-refractivity contribution in [3.05, 3.63) is 36.4 Å². The van der Waals surface area contributed by atoms with Crippen molar-refractivity contribution < 1.29 is 18.8 Å². The van der Waals surface area contributed by atoms with Crippen LogP contribution in [0.1, 0.15) is 12.3 Å². The van der Waals surface area contributed by atoms with E-state index in [1.54, 1.807) is 6.26 Å². The monoisotopic (exact) mass is 258 g/mol. The Hall–Kier alpha value is -2.63. The van der Waals surface area contributed by atoms with Crippen LogP contribution in [0.5, 0.6) is 0 Å². The van der Waals surface area contributed by atoms with E-state index < -0.39 is 5.97 Å². The van der Waals surface area contributed by atoms with Crippen LogP contribution in [0.2, 0.25) is 0 Å². The number of carboxylic acids is 1. The molecule has 0 bridgehead atoms. The van der Waals surface area contributed by atoms with Crippen LogP contribution in [0.15, 0.2) is 39.5 Å². The number of fused-ring (bicyclic) bond motifs is 1. The average molecular weight is 258 g/mol. The van der Waals surface area contributed by atoms with Gasteiger partial charge in [0, 0.05) is 11.8 Å². The second-order valence-corrected chi connectivity index (χ2v) is 4.05. The maximum absolute atomic E-state index is 10.5. The van der Waals surface area contributed by atoms with Crippen LogP contribution in [0.25, 0.3) is 22.4 Å². The van der Waals surface area contributed by atoms with Gasteiger partial charge in [0.25, 0.3) is 0 Å². The Balaban J connectivity index is 1.92. The molecule has 6 nitrogen and oxygen atoms in total. The van der Waals surface area contributed by atoms with Crippen LogP contribution in [0.4, 0.5) is 0 Å². The molecule has 3 aromatic rings. The highest BCUT2D eigenvalue weighted by Crippen LogP contribution is 2.28. The highest BCUT2D eigenvalue weighted by molar-refractivity contribution is 5.91. The molecule has 0 spiro atoms. The van der Waals surface area contributed by atoms with Crippen LogP contribution in [0, 0.1) is 0 Å². The van der Waals surface area contributed by atoms with Gasteiger partial charge in [-0.25, -0.2) is 0 Å². The number of para-hydroxylation sites is 1. The van der Waals surface area contributed by atoms with Gasteiger partial charge < -0.3 is 14.0 Å². The molecule has 0 aliphatic rings. The quantitative estimate of drug-likeness (QED) is 0.773. The van der Waals surface area contributed by atoms with Crippen molar-refractivity contribution in [2.45, 2.75) is 12.8 Å². The molecule has 0 saturated carbocycles. The summed E-state index contributed by atoms with van der Waals surface area (Å²) in [6.45, 7) is 0. The van der Waals surface area contributed by atoms with E-state index in [9.17, 15) is 4.79 Å². The molecule has 0 saturated heterocycles. The molecule has 0 aliphatic heterocycles. The molecule has 1 N–H and O–H groups in total. The molecule has 0 unspecified atom stereocenters. The smallest absolute Gasteiger partial charge is 0.303 e. The van der Waals surface area contributed by atoms with Gasteiger partial charge in [-0.1, -0.05) is 23.4 Å². The van der Waals surface area contributed by atoms with Crippen molar-refractivity contribution in [1.29, 1.82) is 0 Å². The second-order valence-electron chi connectivity index (χ2n) is 4.05. The standard InChI is InChI=1S/C13H10N2O4/c16-12(17)6-5-11-14-13(15-19-11)9-7-18-10-4-2-1-3-8(9)10/h1-4,7H,5-6H2,(H,16,17). The molecule has 19 heavy (non-hydrogen) atoms. The van der Waals surface area contributed by atoms with Crippen LogP contribution >= 0.6 is 0 Å². The molecule has 6 heteroatoms. The first-order chi connectivity index (χ1) is 9.24. The summed E-state index contributed by atoms with van der Waals surface area (Å²) in [5.74, 6) is -0.179. The van der Waals surface area contributed by atoms with E-state index in [0.717, 1.165) is 16.5 Å². The number of hydrogen-bond donors (Lipinski definition) is 1. The average Bonchev–Trinajstić information content (AvgIpc) is 3.02. The van der Waals surface area contributed by atoms with Gasteiger partial charge >= 0.3 is 5.97 Å². The summed E-state index contributed by atoms with van der Waals surface area (Å²) in [6, 6.07) is 7.53. The predicted molar refractivity (Wildman–Crippen MR) is 65.5 cm³/mol. The minimum absolute atomic E-state index is 0.0340. The number of carboxylic acid groups (broad SMARTS) is 1. The number of aliphatic carboxylic acids is 1. The molecule has 96 valence electrons. The fourth-order valence-corrected chi connectivity index (χ4v) is 1.83. The van der Waals surface area contributed by atoms with Crippen LogP contribution in [-0.2, 0) is 11.2 Å². The summed E-state index contributed by atoms with van der Waals surface area (Å²) < 4.78 is 10.4. The lowest BCUT2D eigenvalue weighted by Crippen LogP contribution is -1.97. The summed E-state index contributed by atoms with van der Waals surface area (Å²) >= 11 is 0. The number of rotatable bonds is 4. The summed E-state index contributed by atoms with van der Waals surface area (Å²) in [5, 5.41) is 13.3. The highest BCUT2D eigenvalue weighted by Gasteiger charge is 2.14. The minimum atomic E-state index is -0.895. The van der Waals surface area contributed by atoms with E-state index in [1.165, 1.54) is 0 Å². The van der Waals surface area contributed by atoms with Gasteiger partial charge in [0.05, 0.1) is 12.0 Å². The molecule has 0 aliphatic carbocycles. The van der Waals surface area contributed by atoms with Gasteiger partial charge in [-0.3, -0.25) is 4.79 Å². The van der Waals surface area contributed by atoms with Crippen molar-refractivity contribution in [3.8, 4) is 11.4 Å². The first kappa shape index (κ1) is 11.5. The summed E-state index contributed by atoms with van der Waals surface area (Å²) in [5.41, 5.74) is 1.48. The zero-order chi connectivity index (χ0) is 13.2. The van der Waals surface area contributed by atoms with E-state index in [1.807, 2.05) is 24.3 Å². The lowest BCUT2D eigenvalue weighted by atomic mass is 10.2. The number of furan rings is 1. The summed E-state index contributed by atoms with van der Waals surface area (Å²) in [6.07, 6.45) is 1.75. The number of benzene rings is 1. The summed E-state index contributed by atoms with van der Waals surface area (Å²) in [4.78, 5) is 14.7. The molecule has 0 amide bonds. The fourth-order valence-electron chi connectivity index (χ4n) is 1.83. The topological polar surface area (TPSA) is 89.4 Å². The van der Waals surface area contributed by atoms with Crippen LogP contribution < -0.4 is 0 Å². The Morgan fingerprint density at radius 3 is 3.00 bits per heavy atom. The Labute approximate surface area is 107 Å². The van der Waals surface area contributed by atoms with Gasteiger partial charge in [0.1, 0.15) is 11.8 Å². The Morgan fingerprint density at radius 1 is 1.32 bits per heavy atom. The van der Waals surface area contributed by atoms with E-state index >= 15 is 0 Å². The van der Waals surface area contributed by atoms with Crippen molar-refractivity contribution >= 4 is 16.9 Å². The Bertz CT molecular complexity index is 729. The summed E-state index contributed by atoms with van der Waals surface area (Å²) in [7, 11) is 0. The number of carbonyl (C=O) groups is 1. The molecular formula is C13H10N2O4. The van der Waals surface area contributed by atoms with E-state index in [0.29, 0.717) is 11.7 Å². The predicted octanol–water partition coefficient (Wildman–Crippen LogP) is 2.50. The van der Waals surface area contributed by atoms with Crippen molar-refractivity contribution in [3.63, 3.8) is 0 Å². The molecule has 0 atom stereocenters. The van der Waals surface area contributed by atoms with Gasteiger partial charge in [-0.2, -0.15) is 4.98 Å². The van der Waals surface area contributed by atoms with Gasteiger partial charge in [-0.15, -0.1) is 0 Å². The Kier molecular flexibility index (Phi) is 2.75. The van der Waals surface area contributed by atoms with Gasteiger partial charge in [0.15, 0.2) is 0 Å². The fraction of sp³-hybridized carbons (Fsp3) is 0.154. The molecule has 0 fully saturated rings. The van der Waals surface area contributed by atoms with Crippen LogP contribution in [-0.4, -0.2) is 21.2 Å². The third-order valence-electron chi connectivity index (χ3n) is 2.74. The zero-order valence-corrected chi connectivity index (χ0v) is 9.87. The van der Waals surface area contributed by atoms with Crippen molar-refractivity contribution in [2.24, 2.45) is 0 Å². The molecule has 0 radical (unpaired) electrons. The number of hydrogen-bond acceptors (Lipinski definition) is 5. The normalized spacial score (nSPS) is 10.9. The van der Waals surface area contributed by atoms with Crippen LogP contribution in [0.3, 0.4) is 0 Å². The number of aromatic nitrogens is 2. The number of nitrogens with zero attached hydrogens (tertiary/aromatic N) is 2. The van der Waals surface area contributed by atoms with E-state index in [2.05, 4.69) is 10.1 Å². The lowest BCUT2D eigenvalue weighted by Gasteiger charge is -1.89. The SMILES string of the molecule is O=C(O)CCc1nc(-c2coc3ccccc23)no1. The van der Waals surface area contributed by atoms with E-state index in [-0.39, 0.29) is 12.8 Å². The van der Waals surface area contributed by atoms with Gasteiger partial charge in [-0.05, 0) is 6.07 Å². The molecule has 2 heterocycles. The molecule has 1 aromatic carbocycles. The molecule has 2 aromatic heterocycles. The molecular weight excluding hydrogens is 248 g/mol. The third kappa shape index (κ3) is 2.20. The lowest BCUT2D eigenvalue weighted by molar-refractivity contribution is -0.137. The Morgan fingerprint density at radius 2 is 2.16 bits per heavy atom. The van der Waals surface area contributed by atoms with E-state index in [4.69, 9.17) is 14.0 Å². The zero-order valence-electron chi connectivity index (χ0n) is 9.87. The minimum Gasteiger partial charge on any atom is -0.481 e. The first-order valence-electron chi connectivity index (χ1n) is 5.75. The number of aryl methyl sites for hydroxylation is 1. The second kappa shape index (κ2) is 4.56. The molecule has 3 rings (SSSR count). The maximum atomic E-state index is 10.5. The van der Waals surface area contributed by atoms with Crippen molar-refractivity contribution in [1.82, 2.24) is 10.1 Å². The van der Waals surface area contributed by atoms with Gasteiger partial charge in [0.2, 0.25) is 11.7 Å². The highest BCUT2D eigenvalue weighted by atomic mass is 16.5. The third-order valence-corrected chi connectivity index (χ3v) is 2.74. The first-order valence-corrected chi connectivity index (χ1v) is 5.75. The largest absolute Gasteiger partial charge is 0.481 e.